The molecule has 1 aliphatic heterocycles. The summed E-state index contributed by atoms with van der Waals surface area (Å²) in [5.74, 6) is -0.500. The minimum Gasteiger partial charge on any atom is -0.475 e. The fraction of sp³-hybridized carbons (Fsp3) is 0.571. The van der Waals surface area contributed by atoms with Crippen molar-refractivity contribution < 1.29 is 23.8 Å². The minimum absolute atomic E-state index is 0.0255. The summed E-state index contributed by atoms with van der Waals surface area (Å²) in [5, 5.41) is 8.87. The van der Waals surface area contributed by atoms with Crippen LogP contribution in [0.2, 0.25) is 0 Å². The molecule has 1 aromatic rings. The highest BCUT2D eigenvalue weighted by Crippen LogP contribution is 2.23. The van der Waals surface area contributed by atoms with Gasteiger partial charge in [-0.25, -0.2) is 9.59 Å². The van der Waals surface area contributed by atoms with Gasteiger partial charge in [0.1, 0.15) is 5.76 Å². The highest BCUT2D eigenvalue weighted by atomic mass is 16.6. The summed E-state index contributed by atoms with van der Waals surface area (Å²) >= 11 is 0. The van der Waals surface area contributed by atoms with Gasteiger partial charge in [-0.2, -0.15) is 0 Å². The van der Waals surface area contributed by atoms with E-state index in [9.17, 15) is 9.59 Å². The van der Waals surface area contributed by atoms with Gasteiger partial charge in [0.25, 0.3) is 0 Å². The number of hydrogen-bond donors (Lipinski definition) is 1. The Hall–Kier alpha value is -2.02. The molecule has 0 saturated carbocycles. The number of aromatic carboxylic acids is 1. The fourth-order valence-electron chi connectivity index (χ4n) is 2.38. The number of nitrogens with zero attached hydrogens (tertiary/aromatic N) is 2. The van der Waals surface area contributed by atoms with E-state index in [-0.39, 0.29) is 17.9 Å². The predicted molar refractivity (Wildman–Crippen MR) is 74.3 cm³/mol. The van der Waals surface area contributed by atoms with E-state index in [0.29, 0.717) is 38.5 Å². The summed E-state index contributed by atoms with van der Waals surface area (Å²) in [6, 6.07) is 3.12. The average Bonchev–Trinajstić information content (AvgIpc) is 2.97. The summed E-state index contributed by atoms with van der Waals surface area (Å²) in [4.78, 5) is 26.3. The van der Waals surface area contributed by atoms with Crippen molar-refractivity contribution in [2.75, 3.05) is 32.8 Å². The van der Waals surface area contributed by atoms with E-state index in [1.165, 1.54) is 6.07 Å². The van der Waals surface area contributed by atoms with Gasteiger partial charge >= 0.3 is 12.1 Å². The lowest BCUT2D eigenvalue weighted by Crippen LogP contribution is -2.49. The number of rotatable bonds is 4. The first kappa shape index (κ1) is 15.4. The van der Waals surface area contributed by atoms with Crippen LogP contribution in [0.1, 0.15) is 36.2 Å². The van der Waals surface area contributed by atoms with Gasteiger partial charge in [-0.05, 0) is 26.0 Å². The zero-order chi connectivity index (χ0) is 15.4. The first-order valence-electron chi connectivity index (χ1n) is 7.01. The topological polar surface area (TPSA) is 83.2 Å². The monoisotopic (exact) mass is 296 g/mol. The second-order valence-corrected chi connectivity index (χ2v) is 4.91. The molecule has 1 amide bonds. The Labute approximate surface area is 123 Å². The normalized spacial score (nSPS) is 17.5. The zero-order valence-corrected chi connectivity index (χ0v) is 12.2. The van der Waals surface area contributed by atoms with Crippen LogP contribution < -0.4 is 0 Å². The standard InChI is InChI=1S/C14H20N2O5/c1-3-20-14(19)16-8-6-15(7-9-16)10(2)11-4-5-12(21-11)13(17)18/h4-5,10H,3,6-9H2,1-2H3,(H,17,18). The molecule has 0 bridgehead atoms. The maximum atomic E-state index is 11.6. The van der Waals surface area contributed by atoms with Crippen molar-refractivity contribution in [1.82, 2.24) is 9.80 Å². The molecule has 7 heteroatoms. The largest absolute Gasteiger partial charge is 0.475 e. The van der Waals surface area contributed by atoms with Crippen molar-refractivity contribution in [2.45, 2.75) is 19.9 Å². The quantitative estimate of drug-likeness (QED) is 0.912. The molecule has 0 spiro atoms. The number of hydrogen-bond acceptors (Lipinski definition) is 5. The van der Waals surface area contributed by atoms with Gasteiger partial charge in [0.05, 0.1) is 12.6 Å². The van der Waals surface area contributed by atoms with E-state index in [0.717, 1.165) is 0 Å². The third-order valence-electron chi connectivity index (χ3n) is 3.64. The van der Waals surface area contributed by atoms with Gasteiger partial charge in [0.15, 0.2) is 0 Å². The van der Waals surface area contributed by atoms with Crippen molar-refractivity contribution in [3.63, 3.8) is 0 Å². The lowest BCUT2D eigenvalue weighted by Gasteiger charge is -2.36. The van der Waals surface area contributed by atoms with E-state index < -0.39 is 5.97 Å². The Morgan fingerprint density at radius 2 is 2.00 bits per heavy atom. The van der Waals surface area contributed by atoms with Crippen LogP contribution in [0.3, 0.4) is 0 Å². The summed E-state index contributed by atoms with van der Waals surface area (Å²) in [6.45, 7) is 6.70. The molecule has 1 aromatic heterocycles. The third-order valence-corrected chi connectivity index (χ3v) is 3.64. The van der Waals surface area contributed by atoms with Crippen LogP contribution in [0, 0.1) is 0 Å². The van der Waals surface area contributed by atoms with Gasteiger partial charge in [-0.3, -0.25) is 4.90 Å². The van der Waals surface area contributed by atoms with Crippen LogP contribution in [0.4, 0.5) is 4.79 Å². The first-order chi connectivity index (χ1) is 10.0. The van der Waals surface area contributed by atoms with E-state index in [4.69, 9.17) is 14.3 Å². The second kappa shape index (κ2) is 6.62. The maximum Gasteiger partial charge on any atom is 0.409 e. The average molecular weight is 296 g/mol. The molecule has 7 nitrogen and oxygen atoms in total. The molecule has 0 aliphatic carbocycles. The second-order valence-electron chi connectivity index (χ2n) is 4.91. The van der Waals surface area contributed by atoms with Crippen LogP contribution in [0.5, 0.6) is 0 Å². The molecule has 1 N–H and O–H groups in total. The molecule has 116 valence electrons. The van der Waals surface area contributed by atoms with Crippen LogP contribution >= 0.6 is 0 Å². The van der Waals surface area contributed by atoms with Crippen LogP contribution in [-0.4, -0.2) is 59.8 Å². The van der Waals surface area contributed by atoms with Crippen molar-refractivity contribution in [3.8, 4) is 0 Å². The number of furan rings is 1. The minimum atomic E-state index is -1.07. The van der Waals surface area contributed by atoms with Gasteiger partial charge in [0, 0.05) is 26.2 Å². The van der Waals surface area contributed by atoms with E-state index in [2.05, 4.69) is 4.90 Å². The van der Waals surface area contributed by atoms with Crippen molar-refractivity contribution in [2.24, 2.45) is 0 Å². The molecule has 1 atom stereocenters. The molecule has 2 heterocycles. The Bertz CT molecular complexity index is 505. The Balaban J connectivity index is 1.91. The van der Waals surface area contributed by atoms with Crippen molar-refractivity contribution >= 4 is 12.1 Å². The zero-order valence-electron chi connectivity index (χ0n) is 12.2. The summed E-state index contributed by atoms with van der Waals surface area (Å²) in [6.07, 6.45) is -0.282. The van der Waals surface area contributed by atoms with Crippen LogP contribution in [0.15, 0.2) is 16.5 Å². The molecular formula is C14H20N2O5. The van der Waals surface area contributed by atoms with Gasteiger partial charge in [-0.15, -0.1) is 0 Å². The van der Waals surface area contributed by atoms with E-state index in [1.807, 2.05) is 6.92 Å². The number of carbonyl (C=O) groups is 2. The van der Waals surface area contributed by atoms with Crippen LogP contribution in [0.25, 0.3) is 0 Å². The molecule has 2 rings (SSSR count). The molecule has 1 unspecified atom stereocenters. The summed E-state index contributed by atoms with van der Waals surface area (Å²) < 4.78 is 10.3. The molecule has 1 fully saturated rings. The molecular weight excluding hydrogens is 276 g/mol. The highest BCUT2D eigenvalue weighted by molar-refractivity contribution is 5.84. The molecule has 21 heavy (non-hydrogen) atoms. The Kier molecular flexibility index (Phi) is 4.85. The first-order valence-corrected chi connectivity index (χ1v) is 7.01. The summed E-state index contributed by atoms with van der Waals surface area (Å²) in [7, 11) is 0. The number of carboxylic acids is 1. The van der Waals surface area contributed by atoms with Crippen LogP contribution in [-0.2, 0) is 4.74 Å². The fourth-order valence-corrected chi connectivity index (χ4v) is 2.38. The third kappa shape index (κ3) is 3.55. The number of carboxylic acid groups (broad SMARTS) is 1. The van der Waals surface area contributed by atoms with E-state index >= 15 is 0 Å². The van der Waals surface area contributed by atoms with Crippen molar-refractivity contribution in [1.29, 1.82) is 0 Å². The Morgan fingerprint density at radius 1 is 1.33 bits per heavy atom. The summed E-state index contributed by atoms with van der Waals surface area (Å²) in [5.41, 5.74) is 0. The van der Waals surface area contributed by atoms with Gasteiger partial charge < -0.3 is 19.2 Å². The molecule has 0 aromatic carbocycles. The number of piperazine rings is 1. The number of ether oxygens (including phenoxy) is 1. The smallest absolute Gasteiger partial charge is 0.409 e. The molecule has 1 saturated heterocycles. The van der Waals surface area contributed by atoms with E-state index in [1.54, 1.807) is 17.9 Å². The highest BCUT2D eigenvalue weighted by Gasteiger charge is 2.27. The molecule has 1 aliphatic rings. The number of amides is 1. The van der Waals surface area contributed by atoms with Gasteiger partial charge in [-0.1, -0.05) is 0 Å². The lowest BCUT2D eigenvalue weighted by atomic mass is 10.2. The van der Waals surface area contributed by atoms with Gasteiger partial charge in [0.2, 0.25) is 5.76 Å². The van der Waals surface area contributed by atoms with Crippen molar-refractivity contribution in [3.05, 3.63) is 23.7 Å². The Morgan fingerprint density at radius 3 is 2.52 bits per heavy atom. The number of carbonyl (C=O) groups excluding carboxylic acids is 1. The maximum absolute atomic E-state index is 11.6. The lowest BCUT2D eigenvalue weighted by molar-refractivity contribution is 0.0605. The SMILES string of the molecule is CCOC(=O)N1CCN(C(C)c2ccc(C(=O)O)o2)CC1. The predicted octanol–water partition coefficient (Wildman–Crippen LogP) is 1.81. The molecule has 0 radical (unpaired) electrons.